The molecule has 0 fully saturated rings. The monoisotopic (exact) mass is 262 g/mol. The Balaban J connectivity index is 4.22. The van der Waals surface area contributed by atoms with E-state index in [1.54, 1.807) is 6.92 Å². The highest BCUT2D eigenvalue weighted by molar-refractivity contribution is 7.60. The fraction of sp³-hybridized carbons (Fsp3) is 0.600. The van der Waals surface area contributed by atoms with Crippen molar-refractivity contribution in [1.82, 2.24) is 0 Å². The molecule has 0 aromatic carbocycles. The van der Waals surface area contributed by atoms with E-state index >= 15 is 0 Å². The van der Waals surface area contributed by atoms with E-state index in [1.807, 2.05) is 0 Å². The predicted octanol–water partition coefficient (Wildman–Crippen LogP) is 0.355. The van der Waals surface area contributed by atoms with Crippen molar-refractivity contribution in [3.05, 3.63) is 12.3 Å². The summed E-state index contributed by atoms with van der Waals surface area (Å²) in [5, 5.41) is 8.56. The number of hydrogen-bond acceptors (Lipinski definition) is 5. The van der Waals surface area contributed by atoms with Gasteiger partial charge in [0.05, 0.1) is 6.26 Å². The van der Waals surface area contributed by atoms with E-state index < -0.39 is 15.6 Å². The first kappa shape index (κ1) is 14.8. The van der Waals surface area contributed by atoms with Crippen molar-refractivity contribution in [2.75, 3.05) is 6.61 Å². The van der Waals surface area contributed by atoms with Gasteiger partial charge in [0, 0.05) is 12.5 Å². The van der Waals surface area contributed by atoms with Crippen LogP contribution in [0, 0.1) is 5.92 Å². The van der Waals surface area contributed by atoms with E-state index in [1.165, 1.54) is 6.08 Å². The summed E-state index contributed by atoms with van der Waals surface area (Å²) >= 11 is 0. The van der Waals surface area contributed by atoms with Crippen molar-refractivity contribution in [1.29, 1.82) is 0 Å². The normalized spacial score (nSPS) is 18.7. The van der Waals surface area contributed by atoms with Gasteiger partial charge in [-0.05, 0) is 6.08 Å². The molecule has 0 saturated heterocycles. The first-order valence-corrected chi connectivity index (χ1v) is 6.74. The lowest BCUT2D eigenvalue weighted by Crippen LogP contribution is -1.95. The van der Waals surface area contributed by atoms with Crippen LogP contribution in [0.25, 0.3) is 0 Å². The van der Waals surface area contributed by atoms with Gasteiger partial charge in [-0.1, -0.05) is 6.92 Å². The van der Waals surface area contributed by atoms with Crippen molar-refractivity contribution >= 4 is 15.6 Å². The first-order valence-electron chi connectivity index (χ1n) is 3.72. The zero-order valence-electron chi connectivity index (χ0n) is 7.76. The van der Waals surface area contributed by atoms with Crippen molar-refractivity contribution in [2.45, 2.75) is 6.92 Å². The molecule has 0 aromatic rings. The number of rotatable bonds is 6. The van der Waals surface area contributed by atoms with E-state index in [-0.39, 0.29) is 12.5 Å². The van der Waals surface area contributed by atoms with Gasteiger partial charge < -0.3 is 19.4 Å². The number of aliphatic hydroxyl groups is 1. The third-order valence-corrected chi connectivity index (χ3v) is 3.16. The third kappa shape index (κ3) is 8.77. The fourth-order valence-electron chi connectivity index (χ4n) is 0.461. The summed E-state index contributed by atoms with van der Waals surface area (Å²) < 4.78 is 28.6. The van der Waals surface area contributed by atoms with Gasteiger partial charge in [0.25, 0.3) is 0 Å². The molecule has 0 aliphatic heterocycles. The van der Waals surface area contributed by atoms with E-state index in [0.717, 1.165) is 6.26 Å². The van der Waals surface area contributed by atoms with Crippen molar-refractivity contribution in [2.24, 2.45) is 5.92 Å². The second-order valence-electron chi connectivity index (χ2n) is 2.63. The Morgan fingerprint density at radius 1 is 1.33 bits per heavy atom. The standard InChI is InChI=1S/C5H12O8P2/c1-5(4-6)2-3-12-15(10,11)13-14(7,8)9/h2-3,5-6H,4H2,1H3,(H,10,11)(H2,7,8,9). The molecule has 2 atom stereocenters. The Labute approximate surface area is 86.0 Å². The minimum atomic E-state index is -5.08. The summed E-state index contributed by atoms with van der Waals surface area (Å²) in [6.07, 6.45) is 1.96. The summed E-state index contributed by atoms with van der Waals surface area (Å²) in [4.78, 5) is 25.2. The van der Waals surface area contributed by atoms with E-state index in [4.69, 9.17) is 19.8 Å². The molecule has 90 valence electrons. The van der Waals surface area contributed by atoms with Gasteiger partial charge in [0.2, 0.25) is 0 Å². The highest BCUT2D eigenvalue weighted by atomic mass is 31.3. The van der Waals surface area contributed by atoms with E-state index in [2.05, 4.69) is 8.83 Å². The van der Waals surface area contributed by atoms with Gasteiger partial charge in [-0.25, -0.2) is 9.13 Å². The molecule has 15 heavy (non-hydrogen) atoms. The molecule has 4 N–H and O–H groups in total. The predicted molar refractivity (Wildman–Crippen MR) is 49.4 cm³/mol. The fourth-order valence-corrected chi connectivity index (χ4v) is 1.91. The van der Waals surface area contributed by atoms with E-state index in [0.29, 0.717) is 0 Å². The topological polar surface area (TPSA) is 134 Å². The molecule has 0 aliphatic rings. The van der Waals surface area contributed by atoms with Crippen LogP contribution in [0.1, 0.15) is 6.92 Å². The summed E-state index contributed by atoms with van der Waals surface area (Å²) in [5.74, 6) is -0.319. The zero-order chi connectivity index (χ0) is 12.1. The molecule has 10 heteroatoms. The smallest absolute Gasteiger partial charge is 0.412 e. The number of phosphoric ester groups is 1. The third-order valence-electron chi connectivity index (χ3n) is 1.10. The number of hydrogen-bond donors (Lipinski definition) is 4. The molecule has 0 heterocycles. The van der Waals surface area contributed by atoms with Crippen LogP contribution >= 0.6 is 15.6 Å². The van der Waals surface area contributed by atoms with Crippen molar-refractivity contribution in [3.8, 4) is 0 Å². The van der Waals surface area contributed by atoms with Gasteiger partial charge in [-0.15, -0.1) is 0 Å². The molecule has 2 unspecified atom stereocenters. The van der Waals surface area contributed by atoms with Crippen molar-refractivity contribution in [3.63, 3.8) is 0 Å². The van der Waals surface area contributed by atoms with Crippen molar-refractivity contribution < 1.29 is 37.8 Å². The lowest BCUT2D eigenvalue weighted by Gasteiger charge is -2.10. The maximum absolute atomic E-state index is 10.8. The van der Waals surface area contributed by atoms with Gasteiger partial charge in [0.1, 0.15) is 0 Å². The second kappa shape index (κ2) is 5.77. The summed E-state index contributed by atoms with van der Waals surface area (Å²) in [6, 6.07) is 0. The Morgan fingerprint density at radius 3 is 2.27 bits per heavy atom. The molecule has 0 aromatic heterocycles. The van der Waals surface area contributed by atoms with Crippen LogP contribution in [0.3, 0.4) is 0 Å². The lowest BCUT2D eigenvalue weighted by atomic mass is 10.2. The van der Waals surface area contributed by atoms with Gasteiger partial charge in [-0.2, -0.15) is 4.31 Å². The maximum Gasteiger partial charge on any atom is 0.535 e. The molecule has 0 rings (SSSR count). The van der Waals surface area contributed by atoms with Crippen LogP contribution in [-0.4, -0.2) is 26.4 Å². The summed E-state index contributed by atoms with van der Waals surface area (Å²) in [5.41, 5.74) is 0. The molecule has 0 radical (unpaired) electrons. The summed E-state index contributed by atoms with van der Waals surface area (Å²) in [7, 11) is -9.89. The molecule has 0 saturated carbocycles. The molecular formula is C5H12O8P2. The number of phosphoric acid groups is 2. The highest BCUT2D eigenvalue weighted by Gasteiger charge is 2.32. The van der Waals surface area contributed by atoms with Crippen LogP contribution in [0.15, 0.2) is 12.3 Å². The highest BCUT2D eigenvalue weighted by Crippen LogP contribution is 2.57. The van der Waals surface area contributed by atoms with E-state index in [9.17, 15) is 9.13 Å². The molecule has 0 spiro atoms. The van der Waals surface area contributed by atoms with Crippen LogP contribution in [0.5, 0.6) is 0 Å². The van der Waals surface area contributed by atoms with Crippen LogP contribution in [-0.2, 0) is 18.0 Å². The molecule has 8 nitrogen and oxygen atoms in total. The van der Waals surface area contributed by atoms with Gasteiger partial charge >= 0.3 is 15.6 Å². The van der Waals surface area contributed by atoms with Crippen LogP contribution < -0.4 is 0 Å². The average Bonchev–Trinajstić information content (AvgIpc) is 1.98. The van der Waals surface area contributed by atoms with Gasteiger partial charge in [0.15, 0.2) is 0 Å². The second-order valence-corrected chi connectivity index (χ2v) is 5.42. The Morgan fingerprint density at radius 2 is 1.87 bits per heavy atom. The largest absolute Gasteiger partial charge is 0.535 e. The Hall–Kier alpha value is -0.200. The molecule has 0 bridgehead atoms. The quantitative estimate of drug-likeness (QED) is 0.398. The number of aliphatic hydroxyl groups excluding tert-OH is 1. The Bertz CT molecular complexity index is 306. The SMILES string of the molecule is CC(C=COP(=O)(O)OP(=O)(O)O)CO. The molecule has 0 amide bonds. The van der Waals surface area contributed by atoms with Gasteiger partial charge in [-0.3, -0.25) is 4.89 Å². The maximum atomic E-state index is 10.8. The first-order chi connectivity index (χ1) is 6.66. The lowest BCUT2D eigenvalue weighted by molar-refractivity contribution is 0.215. The minimum absolute atomic E-state index is 0.199. The zero-order valence-corrected chi connectivity index (χ0v) is 9.54. The van der Waals surface area contributed by atoms with Crippen LogP contribution in [0.4, 0.5) is 0 Å². The average molecular weight is 262 g/mol. The molecule has 0 aliphatic carbocycles. The van der Waals surface area contributed by atoms with Crippen LogP contribution in [0.2, 0.25) is 0 Å². The minimum Gasteiger partial charge on any atom is -0.412 e. The Kier molecular flexibility index (Phi) is 5.69. The molecular weight excluding hydrogens is 250 g/mol. The summed E-state index contributed by atoms with van der Waals surface area (Å²) in [6.45, 7) is 1.39.